The summed E-state index contributed by atoms with van der Waals surface area (Å²) >= 11 is 0. The van der Waals surface area contributed by atoms with Crippen molar-refractivity contribution in [3.63, 3.8) is 0 Å². The van der Waals surface area contributed by atoms with Gasteiger partial charge in [-0.15, -0.1) is 0 Å². The molecular weight excluding hydrogens is 367 g/mol. The Morgan fingerprint density at radius 1 is 0.571 bits per heavy atom. The van der Waals surface area contributed by atoms with Gasteiger partial charge in [0.15, 0.2) is 0 Å². The summed E-state index contributed by atoms with van der Waals surface area (Å²) in [5.41, 5.74) is 0. The van der Waals surface area contributed by atoms with Crippen molar-refractivity contribution >= 4 is 7.60 Å². The zero-order valence-electron chi connectivity index (χ0n) is 19.3. The maximum Gasteiger partial charge on any atom is 0.353 e. The van der Waals surface area contributed by atoms with Crippen LogP contribution < -0.4 is 0 Å². The molecule has 0 saturated heterocycles. The topological polar surface area (TPSA) is 35.5 Å². The van der Waals surface area contributed by atoms with Crippen molar-refractivity contribution in [1.29, 1.82) is 0 Å². The molecule has 168 valence electrons. The van der Waals surface area contributed by atoms with Crippen molar-refractivity contribution in [3.05, 3.63) is 11.9 Å². The summed E-state index contributed by atoms with van der Waals surface area (Å²) < 4.78 is 24.6. The molecule has 0 aromatic heterocycles. The molecule has 0 bridgehead atoms. The predicted octanol–water partition coefficient (Wildman–Crippen LogP) is 9.42. The standard InChI is InChI=1S/C24H49O3P/c1-4-7-10-13-16-19-22-26-28(25,24-21-18-15-12-9-6-3)27-23-20-17-14-11-8-5-2/h21,24H,4-20,22-23H2,1-3H3. The van der Waals surface area contributed by atoms with E-state index in [0.29, 0.717) is 13.2 Å². The van der Waals surface area contributed by atoms with Gasteiger partial charge in [0.25, 0.3) is 0 Å². The highest BCUT2D eigenvalue weighted by Gasteiger charge is 2.20. The first-order valence-electron chi connectivity index (χ1n) is 12.2. The molecule has 0 N–H and O–H groups in total. The van der Waals surface area contributed by atoms with Gasteiger partial charge in [-0.25, -0.2) is 0 Å². The van der Waals surface area contributed by atoms with Gasteiger partial charge >= 0.3 is 7.60 Å². The average molecular weight is 417 g/mol. The van der Waals surface area contributed by atoms with Crippen LogP contribution in [0, 0.1) is 0 Å². The second kappa shape index (κ2) is 21.6. The summed E-state index contributed by atoms with van der Waals surface area (Å²) in [6.45, 7) is 7.76. The fourth-order valence-electron chi connectivity index (χ4n) is 3.16. The van der Waals surface area contributed by atoms with E-state index in [2.05, 4.69) is 20.8 Å². The van der Waals surface area contributed by atoms with E-state index in [0.717, 1.165) is 38.5 Å². The Kier molecular flexibility index (Phi) is 21.5. The molecule has 0 spiro atoms. The minimum Gasteiger partial charge on any atom is -0.306 e. The zero-order chi connectivity index (χ0) is 20.8. The Labute approximate surface area is 176 Å². The van der Waals surface area contributed by atoms with Gasteiger partial charge in [0, 0.05) is 5.82 Å². The first-order chi connectivity index (χ1) is 13.7. The van der Waals surface area contributed by atoms with E-state index in [4.69, 9.17) is 9.05 Å². The van der Waals surface area contributed by atoms with Crippen LogP contribution in [-0.2, 0) is 13.6 Å². The summed E-state index contributed by atoms with van der Waals surface area (Å²) in [5.74, 6) is 1.73. The third-order valence-electron chi connectivity index (χ3n) is 5.05. The van der Waals surface area contributed by atoms with Crippen LogP contribution in [0.4, 0.5) is 0 Å². The largest absolute Gasteiger partial charge is 0.353 e. The number of hydrogen-bond acceptors (Lipinski definition) is 3. The van der Waals surface area contributed by atoms with Crippen LogP contribution in [0.3, 0.4) is 0 Å². The molecule has 28 heavy (non-hydrogen) atoms. The number of hydrogen-bond donors (Lipinski definition) is 0. The van der Waals surface area contributed by atoms with Crippen molar-refractivity contribution in [2.24, 2.45) is 0 Å². The van der Waals surface area contributed by atoms with E-state index in [1.807, 2.05) is 6.08 Å². The molecule has 0 unspecified atom stereocenters. The van der Waals surface area contributed by atoms with Crippen LogP contribution in [-0.4, -0.2) is 13.2 Å². The highest BCUT2D eigenvalue weighted by Crippen LogP contribution is 2.50. The minimum atomic E-state index is -3.08. The molecule has 0 aliphatic rings. The number of unbranched alkanes of at least 4 members (excludes halogenated alkanes) is 14. The molecule has 0 fully saturated rings. The van der Waals surface area contributed by atoms with Gasteiger partial charge in [-0.3, -0.25) is 4.57 Å². The monoisotopic (exact) mass is 416 g/mol. The molecule has 0 rings (SSSR count). The summed E-state index contributed by atoms with van der Waals surface area (Å²) in [5, 5.41) is 0. The van der Waals surface area contributed by atoms with E-state index < -0.39 is 7.60 Å². The summed E-state index contributed by atoms with van der Waals surface area (Å²) in [4.78, 5) is 0. The van der Waals surface area contributed by atoms with Gasteiger partial charge in [-0.1, -0.05) is 110 Å². The predicted molar refractivity (Wildman–Crippen MR) is 124 cm³/mol. The van der Waals surface area contributed by atoms with Crippen molar-refractivity contribution in [1.82, 2.24) is 0 Å². The Bertz CT molecular complexity index is 360. The van der Waals surface area contributed by atoms with E-state index in [9.17, 15) is 4.57 Å². The molecular formula is C24H49O3P. The van der Waals surface area contributed by atoms with Gasteiger partial charge in [0.2, 0.25) is 0 Å². The van der Waals surface area contributed by atoms with Crippen molar-refractivity contribution < 1.29 is 13.6 Å². The lowest BCUT2D eigenvalue weighted by Gasteiger charge is -2.15. The molecule has 0 saturated carbocycles. The Morgan fingerprint density at radius 3 is 1.43 bits per heavy atom. The normalized spacial score (nSPS) is 12.2. The molecule has 0 heterocycles. The molecule has 0 aliphatic carbocycles. The molecule has 0 aromatic carbocycles. The first kappa shape index (κ1) is 27.9. The molecule has 0 aromatic rings. The van der Waals surface area contributed by atoms with Gasteiger partial charge in [-0.2, -0.15) is 0 Å². The van der Waals surface area contributed by atoms with Gasteiger partial charge in [-0.05, 0) is 25.7 Å². The minimum absolute atomic E-state index is 0.542. The number of allylic oxidation sites excluding steroid dienone is 1. The van der Waals surface area contributed by atoms with Crippen molar-refractivity contribution in [3.8, 4) is 0 Å². The molecule has 4 heteroatoms. The molecule has 0 radical (unpaired) electrons. The maximum absolute atomic E-state index is 13.0. The fraction of sp³-hybridized carbons (Fsp3) is 0.917. The number of rotatable bonds is 22. The highest BCUT2D eigenvalue weighted by atomic mass is 31.2. The maximum atomic E-state index is 13.0. The van der Waals surface area contributed by atoms with Gasteiger partial charge in [0.05, 0.1) is 13.2 Å². The molecule has 3 nitrogen and oxygen atoms in total. The first-order valence-corrected chi connectivity index (χ1v) is 13.9. The SMILES string of the molecule is CCCCCCC=CP(=O)(OCCCCCCCC)OCCCCCCCC. The van der Waals surface area contributed by atoms with Gasteiger partial charge < -0.3 is 9.05 Å². The molecule has 0 aliphatic heterocycles. The van der Waals surface area contributed by atoms with Crippen LogP contribution >= 0.6 is 7.60 Å². The Balaban J connectivity index is 4.16. The average Bonchev–Trinajstić information content (AvgIpc) is 2.69. The van der Waals surface area contributed by atoms with E-state index >= 15 is 0 Å². The summed E-state index contributed by atoms with van der Waals surface area (Å²) in [6, 6.07) is 0. The van der Waals surface area contributed by atoms with Crippen LogP contribution in [0.15, 0.2) is 11.9 Å². The zero-order valence-corrected chi connectivity index (χ0v) is 20.2. The van der Waals surface area contributed by atoms with Crippen LogP contribution in [0.1, 0.15) is 130 Å². The van der Waals surface area contributed by atoms with Crippen molar-refractivity contribution in [2.45, 2.75) is 130 Å². The molecule has 0 amide bonds. The van der Waals surface area contributed by atoms with Crippen LogP contribution in [0.2, 0.25) is 0 Å². The van der Waals surface area contributed by atoms with Crippen molar-refractivity contribution in [2.75, 3.05) is 13.2 Å². The van der Waals surface area contributed by atoms with E-state index in [1.54, 1.807) is 5.82 Å². The molecule has 0 atom stereocenters. The Morgan fingerprint density at radius 2 is 0.964 bits per heavy atom. The lowest BCUT2D eigenvalue weighted by molar-refractivity contribution is 0.205. The smallest absolute Gasteiger partial charge is 0.306 e. The quantitative estimate of drug-likeness (QED) is 0.130. The summed E-state index contributed by atoms with van der Waals surface area (Å²) in [6.07, 6.45) is 22.3. The highest BCUT2D eigenvalue weighted by molar-refractivity contribution is 7.57. The summed E-state index contributed by atoms with van der Waals surface area (Å²) in [7, 11) is -3.08. The second-order valence-corrected chi connectivity index (χ2v) is 9.87. The third-order valence-corrected chi connectivity index (χ3v) is 6.71. The lowest BCUT2D eigenvalue weighted by atomic mass is 10.1. The lowest BCUT2D eigenvalue weighted by Crippen LogP contribution is -1.98. The van der Waals surface area contributed by atoms with Gasteiger partial charge in [0.1, 0.15) is 0 Å². The van der Waals surface area contributed by atoms with Crippen LogP contribution in [0.5, 0.6) is 0 Å². The second-order valence-electron chi connectivity index (χ2n) is 7.98. The van der Waals surface area contributed by atoms with E-state index in [-0.39, 0.29) is 0 Å². The van der Waals surface area contributed by atoms with Crippen LogP contribution in [0.25, 0.3) is 0 Å². The Hall–Kier alpha value is -0.110. The fourth-order valence-corrected chi connectivity index (χ4v) is 4.59. The van der Waals surface area contributed by atoms with E-state index in [1.165, 1.54) is 70.6 Å². The third kappa shape index (κ3) is 19.2.